The molecule has 1 aliphatic carbocycles. The number of halogens is 2. The summed E-state index contributed by atoms with van der Waals surface area (Å²) in [4.78, 5) is 3.20. The quantitative estimate of drug-likeness (QED) is 0.561. The molecule has 7 heteroatoms. The third-order valence-electron chi connectivity index (χ3n) is 3.59. The molecule has 1 aliphatic rings. The molecule has 1 saturated carbocycles. The van der Waals surface area contributed by atoms with Crippen LogP contribution in [0.4, 0.5) is 0 Å². The summed E-state index contributed by atoms with van der Waals surface area (Å²) in [6.07, 6.45) is 2.71. The standard InChI is InChI=1S/C14H11Cl2N3OS/c15-14(16)5-8(14)7-21-13-19-18-12(20-13)10-6-17-11-4-2-1-3-9(10)11/h1-4,6,8,17H,5,7H2. The first-order valence-electron chi connectivity index (χ1n) is 6.54. The van der Waals surface area contributed by atoms with Crippen LogP contribution in [0.1, 0.15) is 6.42 Å². The number of alkyl halides is 2. The fourth-order valence-electron chi connectivity index (χ4n) is 2.25. The third kappa shape index (κ3) is 2.54. The highest BCUT2D eigenvalue weighted by atomic mass is 35.5. The van der Waals surface area contributed by atoms with Gasteiger partial charge in [0, 0.05) is 28.8 Å². The summed E-state index contributed by atoms with van der Waals surface area (Å²) >= 11 is 13.5. The van der Waals surface area contributed by atoms with Gasteiger partial charge in [0.05, 0.1) is 5.56 Å². The lowest BCUT2D eigenvalue weighted by Crippen LogP contribution is -1.92. The van der Waals surface area contributed by atoms with Crippen LogP contribution in [0.25, 0.3) is 22.4 Å². The van der Waals surface area contributed by atoms with Gasteiger partial charge in [-0.05, 0) is 12.5 Å². The van der Waals surface area contributed by atoms with Crippen molar-refractivity contribution in [2.24, 2.45) is 5.92 Å². The zero-order valence-corrected chi connectivity index (χ0v) is 13.2. The molecule has 4 nitrogen and oxygen atoms in total. The molecule has 2 heterocycles. The fraction of sp³-hybridized carbons (Fsp3) is 0.286. The van der Waals surface area contributed by atoms with Gasteiger partial charge in [-0.3, -0.25) is 0 Å². The molecule has 21 heavy (non-hydrogen) atoms. The van der Waals surface area contributed by atoms with Crippen LogP contribution in [-0.2, 0) is 0 Å². The van der Waals surface area contributed by atoms with E-state index in [1.165, 1.54) is 11.8 Å². The Labute approximate surface area is 135 Å². The van der Waals surface area contributed by atoms with Crippen LogP contribution in [0.3, 0.4) is 0 Å². The Bertz CT molecular complexity index is 798. The van der Waals surface area contributed by atoms with E-state index in [9.17, 15) is 0 Å². The average Bonchev–Trinajstić information content (AvgIpc) is 2.90. The lowest BCUT2D eigenvalue weighted by Gasteiger charge is -1.96. The minimum absolute atomic E-state index is 0.300. The van der Waals surface area contributed by atoms with E-state index in [4.69, 9.17) is 27.6 Å². The second-order valence-corrected chi connectivity index (χ2v) is 7.61. The normalized spacial score (nSPS) is 20.0. The number of aromatic nitrogens is 3. The minimum Gasteiger partial charge on any atom is -0.411 e. The van der Waals surface area contributed by atoms with Crippen LogP contribution < -0.4 is 0 Å². The summed E-state index contributed by atoms with van der Waals surface area (Å²) < 4.78 is 5.15. The lowest BCUT2D eigenvalue weighted by atomic mass is 10.2. The van der Waals surface area contributed by atoms with Gasteiger partial charge in [-0.25, -0.2) is 0 Å². The molecule has 1 aromatic carbocycles. The highest BCUT2D eigenvalue weighted by molar-refractivity contribution is 7.99. The fourth-order valence-corrected chi connectivity index (χ4v) is 3.94. The van der Waals surface area contributed by atoms with Crippen LogP contribution in [0.15, 0.2) is 40.1 Å². The Kier molecular flexibility index (Phi) is 3.17. The van der Waals surface area contributed by atoms with E-state index in [0.29, 0.717) is 17.0 Å². The SMILES string of the molecule is ClC1(Cl)CC1CSc1nnc(-c2c[nH]c3ccccc23)o1. The molecule has 1 atom stereocenters. The average molecular weight is 340 g/mol. The van der Waals surface area contributed by atoms with Gasteiger partial charge < -0.3 is 9.40 Å². The van der Waals surface area contributed by atoms with E-state index in [1.54, 1.807) is 0 Å². The van der Waals surface area contributed by atoms with Crippen molar-refractivity contribution in [1.29, 1.82) is 0 Å². The van der Waals surface area contributed by atoms with Crippen molar-refractivity contribution in [2.45, 2.75) is 16.0 Å². The first-order chi connectivity index (χ1) is 10.1. The van der Waals surface area contributed by atoms with Gasteiger partial charge in [0.25, 0.3) is 11.1 Å². The maximum absolute atomic E-state index is 6.01. The van der Waals surface area contributed by atoms with Gasteiger partial charge in [-0.2, -0.15) is 0 Å². The Morgan fingerprint density at radius 3 is 2.95 bits per heavy atom. The summed E-state index contributed by atoms with van der Waals surface area (Å²) in [5.41, 5.74) is 1.97. The zero-order chi connectivity index (χ0) is 14.4. The molecular weight excluding hydrogens is 329 g/mol. The number of nitrogens with one attached hydrogen (secondary N) is 1. The summed E-state index contributed by atoms with van der Waals surface area (Å²) in [6.45, 7) is 0. The lowest BCUT2D eigenvalue weighted by molar-refractivity contribution is 0.466. The molecule has 0 radical (unpaired) electrons. The number of fused-ring (bicyclic) bond motifs is 1. The molecule has 1 unspecified atom stereocenters. The molecule has 0 spiro atoms. The number of nitrogens with zero attached hydrogens (tertiary/aromatic N) is 2. The van der Waals surface area contributed by atoms with E-state index in [1.807, 2.05) is 30.5 Å². The van der Waals surface area contributed by atoms with E-state index in [2.05, 4.69) is 15.2 Å². The highest BCUT2D eigenvalue weighted by Crippen LogP contribution is 2.54. The van der Waals surface area contributed by atoms with Crippen molar-refractivity contribution in [3.8, 4) is 11.5 Å². The summed E-state index contributed by atoms with van der Waals surface area (Å²) in [7, 11) is 0. The summed E-state index contributed by atoms with van der Waals surface area (Å²) in [5.74, 6) is 1.62. The molecule has 0 saturated heterocycles. The zero-order valence-electron chi connectivity index (χ0n) is 10.8. The molecule has 1 fully saturated rings. The van der Waals surface area contributed by atoms with Crippen LogP contribution >= 0.6 is 35.0 Å². The molecule has 0 aliphatic heterocycles. The number of hydrogen-bond donors (Lipinski definition) is 1. The van der Waals surface area contributed by atoms with E-state index in [-0.39, 0.29) is 0 Å². The Balaban J connectivity index is 1.54. The van der Waals surface area contributed by atoms with Crippen LogP contribution in [0.2, 0.25) is 0 Å². The Hall–Kier alpha value is -1.17. The predicted molar refractivity (Wildman–Crippen MR) is 84.9 cm³/mol. The van der Waals surface area contributed by atoms with Gasteiger partial charge in [-0.15, -0.1) is 33.4 Å². The molecule has 0 bridgehead atoms. The molecule has 2 aromatic heterocycles. The number of H-pyrrole nitrogens is 1. The first kappa shape index (κ1) is 13.5. The van der Waals surface area contributed by atoms with Gasteiger partial charge in [0.15, 0.2) is 0 Å². The number of para-hydroxylation sites is 1. The van der Waals surface area contributed by atoms with E-state index in [0.717, 1.165) is 28.6 Å². The van der Waals surface area contributed by atoms with Crippen molar-refractivity contribution < 1.29 is 4.42 Å². The smallest absolute Gasteiger partial charge is 0.276 e. The van der Waals surface area contributed by atoms with Crippen molar-refractivity contribution in [1.82, 2.24) is 15.2 Å². The topological polar surface area (TPSA) is 54.7 Å². The number of hydrogen-bond acceptors (Lipinski definition) is 4. The first-order valence-corrected chi connectivity index (χ1v) is 8.28. The molecule has 1 N–H and O–H groups in total. The summed E-state index contributed by atoms with van der Waals surface area (Å²) in [6, 6.07) is 8.01. The molecule has 4 rings (SSSR count). The predicted octanol–water partition coefficient (Wildman–Crippen LogP) is 4.50. The molecule has 3 aromatic rings. The minimum atomic E-state index is -0.563. The monoisotopic (exact) mass is 339 g/mol. The molecular formula is C14H11Cl2N3OS. The van der Waals surface area contributed by atoms with Crippen molar-refractivity contribution in [3.63, 3.8) is 0 Å². The van der Waals surface area contributed by atoms with Crippen LogP contribution in [0.5, 0.6) is 0 Å². The number of thioether (sulfide) groups is 1. The summed E-state index contributed by atoms with van der Waals surface area (Å²) in [5, 5.41) is 9.81. The third-order valence-corrected chi connectivity index (χ3v) is 5.50. The van der Waals surface area contributed by atoms with Crippen molar-refractivity contribution >= 4 is 45.9 Å². The van der Waals surface area contributed by atoms with Gasteiger partial charge in [0.2, 0.25) is 0 Å². The highest BCUT2D eigenvalue weighted by Gasteiger charge is 2.51. The number of benzene rings is 1. The largest absolute Gasteiger partial charge is 0.411 e. The molecule has 108 valence electrons. The number of rotatable bonds is 4. The van der Waals surface area contributed by atoms with Gasteiger partial charge >= 0.3 is 0 Å². The maximum Gasteiger partial charge on any atom is 0.276 e. The van der Waals surface area contributed by atoms with Crippen molar-refractivity contribution in [3.05, 3.63) is 30.5 Å². The van der Waals surface area contributed by atoms with Gasteiger partial charge in [0.1, 0.15) is 4.33 Å². The van der Waals surface area contributed by atoms with Crippen LogP contribution in [-0.4, -0.2) is 25.3 Å². The maximum atomic E-state index is 6.01. The van der Waals surface area contributed by atoms with E-state index < -0.39 is 4.33 Å². The second kappa shape index (κ2) is 4.93. The Morgan fingerprint density at radius 1 is 1.33 bits per heavy atom. The van der Waals surface area contributed by atoms with Crippen LogP contribution in [0, 0.1) is 5.92 Å². The second-order valence-electron chi connectivity index (χ2n) is 5.09. The Morgan fingerprint density at radius 2 is 2.14 bits per heavy atom. The molecule has 0 amide bonds. The van der Waals surface area contributed by atoms with E-state index >= 15 is 0 Å². The van der Waals surface area contributed by atoms with Crippen molar-refractivity contribution in [2.75, 3.05) is 5.75 Å². The van der Waals surface area contributed by atoms with Gasteiger partial charge in [-0.1, -0.05) is 30.0 Å². The number of aromatic amines is 1.